The Hall–Kier alpha value is -0.900. The van der Waals surface area contributed by atoms with Gasteiger partial charge in [-0.25, -0.2) is 0 Å². The fourth-order valence-corrected chi connectivity index (χ4v) is 3.17. The summed E-state index contributed by atoms with van der Waals surface area (Å²) in [5.41, 5.74) is 0.150. The van der Waals surface area contributed by atoms with Crippen molar-refractivity contribution in [2.45, 2.75) is 77.8 Å². The van der Waals surface area contributed by atoms with Gasteiger partial charge in [0.2, 0.25) is 11.8 Å². The van der Waals surface area contributed by atoms with Crippen molar-refractivity contribution >= 4 is 0 Å². The molecule has 1 heterocycles. The summed E-state index contributed by atoms with van der Waals surface area (Å²) >= 11 is 0. The van der Waals surface area contributed by atoms with Gasteiger partial charge in [0.25, 0.3) is 0 Å². The highest BCUT2D eigenvalue weighted by molar-refractivity contribution is 5.07. The van der Waals surface area contributed by atoms with Gasteiger partial charge >= 0.3 is 0 Å². The maximum absolute atomic E-state index is 5.94. The first-order valence-corrected chi connectivity index (χ1v) is 7.58. The van der Waals surface area contributed by atoms with Gasteiger partial charge in [-0.1, -0.05) is 40.5 Å². The van der Waals surface area contributed by atoms with Gasteiger partial charge in [0, 0.05) is 11.5 Å². The van der Waals surface area contributed by atoms with Gasteiger partial charge < -0.3 is 9.73 Å². The molecule has 2 rings (SSSR count). The SMILES string of the molecule is CC(C)CC1(c2nnc(CNC(C)C)o2)CCCC1. The van der Waals surface area contributed by atoms with E-state index in [1.54, 1.807) is 0 Å². The van der Waals surface area contributed by atoms with E-state index in [4.69, 9.17) is 4.42 Å². The topological polar surface area (TPSA) is 51.0 Å². The quantitative estimate of drug-likeness (QED) is 0.856. The summed E-state index contributed by atoms with van der Waals surface area (Å²) in [7, 11) is 0. The van der Waals surface area contributed by atoms with Crippen molar-refractivity contribution in [1.82, 2.24) is 15.5 Å². The van der Waals surface area contributed by atoms with Crippen molar-refractivity contribution in [3.8, 4) is 0 Å². The molecule has 0 radical (unpaired) electrons. The lowest BCUT2D eigenvalue weighted by Crippen LogP contribution is -2.25. The third-order valence-corrected chi connectivity index (χ3v) is 3.94. The molecule has 1 aromatic rings. The maximum Gasteiger partial charge on any atom is 0.230 e. The van der Waals surface area contributed by atoms with Gasteiger partial charge in [-0.2, -0.15) is 0 Å². The number of hydrogen-bond acceptors (Lipinski definition) is 4. The summed E-state index contributed by atoms with van der Waals surface area (Å²) in [5, 5.41) is 11.9. The van der Waals surface area contributed by atoms with Gasteiger partial charge in [0.05, 0.1) is 6.54 Å². The number of aromatic nitrogens is 2. The van der Waals surface area contributed by atoms with Gasteiger partial charge in [-0.15, -0.1) is 10.2 Å². The van der Waals surface area contributed by atoms with Crippen LogP contribution in [-0.2, 0) is 12.0 Å². The average Bonchev–Trinajstić information content (AvgIpc) is 2.94. The van der Waals surface area contributed by atoms with E-state index < -0.39 is 0 Å². The number of rotatable bonds is 6. The molecule has 1 aliphatic rings. The summed E-state index contributed by atoms with van der Waals surface area (Å²) in [6.07, 6.45) is 6.13. The molecule has 0 aliphatic heterocycles. The summed E-state index contributed by atoms with van der Waals surface area (Å²) < 4.78 is 5.94. The van der Waals surface area contributed by atoms with Crippen LogP contribution in [0.4, 0.5) is 0 Å². The van der Waals surface area contributed by atoms with E-state index in [0.29, 0.717) is 18.5 Å². The van der Waals surface area contributed by atoms with Crippen molar-refractivity contribution in [2.24, 2.45) is 5.92 Å². The van der Waals surface area contributed by atoms with Crippen LogP contribution in [-0.4, -0.2) is 16.2 Å². The van der Waals surface area contributed by atoms with E-state index in [1.807, 2.05) is 0 Å². The zero-order chi connectivity index (χ0) is 13.9. The van der Waals surface area contributed by atoms with Crippen molar-refractivity contribution in [3.05, 3.63) is 11.8 Å². The molecular formula is C15H27N3O. The lowest BCUT2D eigenvalue weighted by Gasteiger charge is -2.26. The van der Waals surface area contributed by atoms with Crippen LogP contribution in [0.3, 0.4) is 0 Å². The zero-order valence-electron chi connectivity index (χ0n) is 12.7. The second-order valence-corrected chi connectivity index (χ2v) is 6.62. The number of nitrogens with zero attached hydrogens (tertiary/aromatic N) is 2. The molecule has 1 aromatic heterocycles. The van der Waals surface area contributed by atoms with Crippen LogP contribution in [0.1, 0.15) is 71.6 Å². The molecule has 1 saturated carbocycles. The van der Waals surface area contributed by atoms with Crippen LogP contribution in [0.2, 0.25) is 0 Å². The Morgan fingerprint density at radius 2 is 1.84 bits per heavy atom. The minimum atomic E-state index is 0.150. The molecule has 0 bridgehead atoms. The van der Waals surface area contributed by atoms with E-state index in [1.165, 1.54) is 25.7 Å². The van der Waals surface area contributed by atoms with Crippen molar-refractivity contribution in [1.29, 1.82) is 0 Å². The third kappa shape index (κ3) is 3.56. The minimum Gasteiger partial charge on any atom is -0.423 e. The predicted octanol–water partition coefficient (Wildman–Crippen LogP) is 3.43. The predicted molar refractivity (Wildman–Crippen MR) is 75.9 cm³/mol. The second-order valence-electron chi connectivity index (χ2n) is 6.62. The van der Waals surface area contributed by atoms with Crippen LogP contribution in [0.5, 0.6) is 0 Å². The molecule has 0 aromatic carbocycles. The Morgan fingerprint density at radius 3 is 2.42 bits per heavy atom. The molecule has 19 heavy (non-hydrogen) atoms. The normalized spacial score (nSPS) is 18.6. The second kappa shape index (κ2) is 6.04. The standard InChI is InChI=1S/C15H27N3O/c1-11(2)9-15(7-5-6-8-15)14-18-17-13(19-14)10-16-12(3)4/h11-12,16H,5-10H2,1-4H3. The summed E-state index contributed by atoms with van der Waals surface area (Å²) in [6.45, 7) is 9.46. The van der Waals surface area contributed by atoms with E-state index in [2.05, 4.69) is 43.2 Å². The Labute approximate surface area is 116 Å². The monoisotopic (exact) mass is 265 g/mol. The van der Waals surface area contributed by atoms with Crippen LogP contribution in [0, 0.1) is 5.92 Å². The Kier molecular flexibility index (Phi) is 4.61. The molecule has 0 saturated heterocycles. The van der Waals surface area contributed by atoms with E-state index in [0.717, 1.165) is 18.2 Å². The van der Waals surface area contributed by atoms with E-state index >= 15 is 0 Å². The molecule has 108 valence electrons. The van der Waals surface area contributed by atoms with E-state index in [9.17, 15) is 0 Å². The van der Waals surface area contributed by atoms with Crippen molar-refractivity contribution in [3.63, 3.8) is 0 Å². The summed E-state index contributed by atoms with van der Waals surface area (Å²) in [6, 6.07) is 0.437. The van der Waals surface area contributed by atoms with Crippen LogP contribution < -0.4 is 5.32 Å². The van der Waals surface area contributed by atoms with Gasteiger partial charge in [-0.3, -0.25) is 0 Å². The van der Waals surface area contributed by atoms with Crippen LogP contribution in [0.25, 0.3) is 0 Å². The Morgan fingerprint density at radius 1 is 1.16 bits per heavy atom. The molecule has 1 fully saturated rings. The lowest BCUT2D eigenvalue weighted by molar-refractivity contribution is 0.265. The highest BCUT2D eigenvalue weighted by Gasteiger charge is 2.40. The largest absolute Gasteiger partial charge is 0.423 e. The lowest BCUT2D eigenvalue weighted by atomic mass is 9.78. The first kappa shape index (κ1) is 14.5. The van der Waals surface area contributed by atoms with Gasteiger partial charge in [0.15, 0.2) is 0 Å². The molecule has 1 N–H and O–H groups in total. The molecule has 4 heteroatoms. The van der Waals surface area contributed by atoms with Crippen LogP contribution >= 0.6 is 0 Å². The molecule has 0 unspecified atom stereocenters. The molecule has 4 nitrogen and oxygen atoms in total. The fourth-order valence-electron chi connectivity index (χ4n) is 3.17. The maximum atomic E-state index is 5.94. The van der Waals surface area contributed by atoms with Crippen molar-refractivity contribution in [2.75, 3.05) is 0 Å². The van der Waals surface area contributed by atoms with Crippen molar-refractivity contribution < 1.29 is 4.42 Å². The zero-order valence-corrected chi connectivity index (χ0v) is 12.7. The average molecular weight is 265 g/mol. The molecule has 0 amide bonds. The Bertz CT molecular complexity index is 392. The van der Waals surface area contributed by atoms with Gasteiger partial charge in [0.1, 0.15) is 0 Å². The molecule has 0 atom stereocenters. The summed E-state index contributed by atoms with van der Waals surface area (Å²) in [4.78, 5) is 0. The minimum absolute atomic E-state index is 0.150. The first-order chi connectivity index (χ1) is 9.02. The Balaban J connectivity index is 2.10. The number of hydrogen-bond donors (Lipinski definition) is 1. The smallest absolute Gasteiger partial charge is 0.230 e. The first-order valence-electron chi connectivity index (χ1n) is 7.58. The summed E-state index contributed by atoms with van der Waals surface area (Å²) in [5.74, 6) is 2.26. The molecule has 1 aliphatic carbocycles. The highest BCUT2D eigenvalue weighted by atomic mass is 16.4. The van der Waals surface area contributed by atoms with E-state index in [-0.39, 0.29) is 5.41 Å². The third-order valence-electron chi connectivity index (χ3n) is 3.94. The molecular weight excluding hydrogens is 238 g/mol. The number of nitrogens with one attached hydrogen (secondary N) is 1. The molecule has 0 spiro atoms. The van der Waals surface area contributed by atoms with Gasteiger partial charge in [-0.05, 0) is 25.2 Å². The fraction of sp³-hybridized carbons (Fsp3) is 0.867. The van der Waals surface area contributed by atoms with Crippen LogP contribution in [0.15, 0.2) is 4.42 Å². The highest BCUT2D eigenvalue weighted by Crippen LogP contribution is 2.44.